The number of unbranched alkanes of at least 4 members (excludes halogenated alkanes) is 1. The van der Waals surface area contributed by atoms with Crippen LogP contribution < -0.4 is 19.5 Å². The number of benzene rings is 3. The molecule has 1 unspecified atom stereocenters. The number of hydrogen-bond acceptors (Lipinski definition) is 6. The van der Waals surface area contributed by atoms with Crippen molar-refractivity contribution < 1.29 is 33.6 Å². The van der Waals surface area contributed by atoms with Gasteiger partial charge in [-0.1, -0.05) is 35.3 Å². The molecule has 2 amide bonds. The molecule has 3 aromatic rings. The number of carbonyl (C=O) groups is 2. The highest BCUT2D eigenvalue weighted by Gasteiger charge is 2.18. The lowest BCUT2D eigenvalue weighted by molar-refractivity contribution is -0.149. The number of ether oxygens (including phenoxy) is 4. The summed E-state index contributed by atoms with van der Waals surface area (Å²) >= 11 is 12.1. The number of nitrogens with zero attached hydrogens (tertiary/aromatic N) is 1. The first-order valence-corrected chi connectivity index (χ1v) is 14.4. The van der Waals surface area contributed by atoms with E-state index in [4.69, 9.17) is 42.1 Å². The zero-order valence-corrected chi connectivity index (χ0v) is 25.2. The molecule has 226 valence electrons. The number of carbonyl (C=O) groups excluding carboxylic acids is 1. The molecule has 2 N–H and O–H groups in total. The number of amides is 2. The highest BCUT2D eigenvalue weighted by molar-refractivity contribution is 6.34. The van der Waals surface area contributed by atoms with E-state index in [1.54, 1.807) is 73.5 Å². The predicted molar refractivity (Wildman–Crippen MR) is 163 cm³/mol. The van der Waals surface area contributed by atoms with Gasteiger partial charge in [0.2, 0.25) is 0 Å². The van der Waals surface area contributed by atoms with Crippen LogP contribution in [0.15, 0.2) is 66.7 Å². The number of aliphatic carboxylic acids is 1. The first-order chi connectivity index (χ1) is 20.3. The molecular weight excluding hydrogens is 583 g/mol. The number of halogens is 2. The van der Waals surface area contributed by atoms with Crippen molar-refractivity contribution in [2.75, 3.05) is 45.3 Å². The van der Waals surface area contributed by atoms with Gasteiger partial charge in [0.1, 0.15) is 23.9 Å². The van der Waals surface area contributed by atoms with Crippen LogP contribution >= 0.6 is 23.2 Å². The first-order valence-electron chi connectivity index (χ1n) is 13.6. The highest BCUT2D eigenvalue weighted by atomic mass is 35.5. The van der Waals surface area contributed by atoms with Crippen LogP contribution in [0.4, 0.5) is 10.5 Å². The Kier molecular flexibility index (Phi) is 13.6. The summed E-state index contributed by atoms with van der Waals surface area (Å²) < 4.78 is 22.1. The Morgan fingerprint density at radius 3 is 2.12 bits per heavy atom. The summed E-state index contributed by atoms with van der Waals surface area (Å²) in [5, 5.41) is 13.2. The molecule has 0 bridgehead atoms. The Hall–Kier alpha value is -3.66. The standard InChI is InChI=1S/C31H36Cl2N2O7/c1-3-40-29(30(36)37)18-22-6-10-27(11-7-22)42-17-15-35(31(38)34-25-8-12-26(39-2)13-9-25)14-4-5-16-41-28-20-23(32)19-24(33)21-28/h6-13,19-21,29H,3-5,14-18H2,1-2H3,(H,34,38)(H,36,37). The van der Waals surface area contributed by atoms with Gasteiger partial charge in [0.05, 0.1) is 20.3 Å². The van der Waals surface area contributed by atoms with Gasteiger partial charge < -0.3 is 34.3 Å². The molecule has 0 aliphatic rings. The quantitative estimate of drug-likeness (QED) is 0.160. The van der Waals surface area contributed by atoms with Crippen LogP contribution in [0.3, 0.4) is 0 Å². The maximum Gasteiger partial charge on any atom is 0.333 e. The normalized spacial score (nSPS) is 11.4. The molecule has 9 nitrogen and oxygen atoms in total. The van der Waals surface area contributed by atoms with Crippen molar-refractivity contribution in [1.29, 1.82) is 0 Å². The fourth-order valence-corrected chi connectivity index (χ4v) is 4.53. The molecule has 3 rings (SSSR count). The maximum atomic E-state index is 13.1. The Morgan fingerprint density at radius 2 is 1.50 bits per heavy atom. The summed E-state index contributed by atoms with van der Waals surface area (Å²) in [5.74, 6) is 0.913. The van der Waals surface area contributed by atoms with Crippen LogP contribution in [0.5, 0.6) is 17.2 Å². The van der Waals surface area contributed by atoms with Crippen LogP contribution in [0.2, 0.25) is 10.0 Å². The zero-order valence-electron chi connectivity index (χ0n) is 23.7. The molecule has 0 spiro atoms. The molecule has 0 saturated carbocycles. The number of methoxy groups -OCH3 is 1. The number of anilines is 1. The second-order valence-corrected chi connectivity index (χ2v) is 10.2. The summed E-state index contributed by atoms with van der Waals surface area (Å²) in [6, 6.07) is 19.1. The van der Waals surface area contributed by atoms with Crippen molar-refractivity contribution in [1.82, 2.24) is 4.90 Å². The van der Waals surface area contributed by atoms with Crippen molar-refractivity contribution in [3.63, 3.8) is 0 Å². The van der Waals surface area contributed by atoms with Gasteiger partial charge in [-0.25, -0.2) is 9.59 Å². The van der Waals surface area contributed by atoms with Crippen LogP contribution in [0.1, 0.15) is 25.3 Å². The van der Waals surface area contributed by atoms with Crippen molar-refractivity contribution in [3.8, 4) is 17.2 Å². The lowest BCUT2D eigenvalue weighted by atomic mass is 10.1. The van der Waals surface area contributed by atoms with Crippen molar-refractivity contribution in [3.05, 3.63) is 82.3 Å². The first kappa shape index (κ1) is 32.8. The van der Waals surface area contributed by atoms with E-state index < -0.39 is 12.1 Å². The number of carboxylic acids is 1. The summed E-state index contributed by atoms with van der Waals surface area (Å²) in [6.07, 6.45) is 0.770. The third-order valence-corrected chi connectivity index (χ3v) is 6.61. The van der Waals surface area contributed by atoms with E-state index in [2.05, 4.69) is 5.32 Å². The number of carboxylic acid groups (broad SMARTS) is 1. The van der Waals surface area contributed by atoms with Crippen molar-refractivity contribution >= 4 is 40.9 Å². The topological polar surface area (TPSA) is 107 Å². The summed E-state index contributed by atoms with van der Waals surface area (Å²) in [4.78, 5) is 26.2. The van der Waals surface area contributed by atoms with E-state index in [9.17, 15) is 14.7 Å². The molecule has 0 aromatic heterocycles. The molecule has 11 heteroatoms. The summed E-state index contributed by atoms with van der Waals surface area (Å²) in [7, 11) is 1.58. The minimum Gasteiger partial charge on any atom is -0.497 e. The Labute approximate surface area is 256 Å². The molecule has 0 saturated heterocycles. The average Bonchev–Trinajstić information content (AvgIpc) is 2.96. The molecule has 42 heavy (non-hydrogen) atoms. The maximum absolute atomic E-state index is 13.1. The fraction of sp³-hybridized carbons (Fsp3) is 0.355. The summed E-state index contributed by atoms with van der Waals surface area (Å²) in [5.41, 5.74) is 1.47. The fourth-order valence-electron chi connectivity index (χ4n) is 4.03. The predicted octanol–water partition coefficient (Wildman–Crippen LogP) is 6.81. The second kappa shape index (κ2) is 17.3. The van der Waals surface area contributed by atoms with Crippen molar-refractivity contribution in [2.24, 2.45) is 0 Å². The lowest BCUT2D eigenvalue weighted by Gasteiger charge is -2.23. The minimum atomic E-state index is -0.995. The molecule has 0 aliphatic carbocycles. The zero-order chi connectivity index (χ0) is 30.3. The van der Waals surface area contributed by atoms with Gasteiger partial charge in [-0.2, -0.15) is 0 Å². The van der Waals surface area contributed by atoms with Crippen LogP contribution in [-0.2, 0) is 16.0 Å². The van der Waals surface area contributed by atoms with Crippen molar-refractivity contribution in [2.45, 2.75) is 32.3 Å². The number of rotatable bonds is 17. The van der Waals surface area contributed by atoms with Crippen LogP contribution in [0.25, 0.3) is 0 Å². The van der Waals surface area contributed by atoms with E-state index in [-0.39, 0.29) is 19.1 Å². The Morgan fingerprint density at radius 1 is 0.857 bits per heavy atom. The number of urea groups is 1. The number of hydrogen-bond donors (Lipinski definition) is 2. The van der Waals surface area contributed by atoms with Gasteiger partial charge >= 0.3 is 12.0 Å². The van der Waals surface area contributed by atoms with Crippen LogP contribution in [-0.4, -0.2) is 68.1 Å². The highest BCUT2D eigenvalue weighted by Crippen LogP contribution is 2.24. The Balaban J connectivity index is 1.53. The average molecular weight is 620 g/mol. The minimum absolute atomic E-state index is 0.253. The van der Waals surface area contributed by atoms with Gasteiger partial charge in [-0.3, -0.25) is 0 Å². The van der Waals surface area contributed by atoms with E-state index in [1.807, 2.05) is 12.1 Å². The van der Waals surface area contributed by atoms with Crippen LogP contribution in [0, 0.1) is 0 Å². The van der Waals surface area contributed by atoms with Gasteiger partial charge in [0.15, 0.2) is 6.10 Å². The third-order valence-electron chi connectivity index (χ3n) is 6.17. The third kappa shape index (κ3) is 11.3. The lowest BCUT2D eigenvalue weighted by Crippen LogP contribution is -2.38. The van der Waals surface area contributed by atoms with E-state index in [0.29, 0.717) is 72.1 Å². The SMILES string of the molecule is CCOC(Cc1ccc(OCCN(CCCCOc2cc(Cl)cc(Cl)c2)C(=O)Nc2ccc(OC)cc2)cc1)C(=O)O. The monoisotopic (exact) mass is 618 g/mol. The molecule has 1 atom stereocenters. The van der Waals surface area contributed by atoms with E-state index in [0.717, 1.165) is 5.56 Å². The van der Waals surface area contributed by atoms with Gasteiger partial charge in [0.25, 0.3) is 0 Å². The van der Waals surface area contributed by atoms with Gasteiger partial charge in [-0.15, -0.1) is 0 Å². The molecular formula is C31H36Cl2N2O7. The Bertz CT molecular complexity index is 1250. The molecule has 0 fully saturated rings. The molecule has 0 aliphatic heterocycles. The van der Waals surface area contributed by atoms with E-state index >= 15 is 0 Å². The van der Waals surface area contributed by atoms with Gasteiger partial charge in [0, 0.05) is 35.3 Å². The van der Waals surface area contributed by atoms with E-state index in [1.165, 1.54) is 0 Å². The largest absolute Gasteiger partial charge is 0.497 e. The smallest absolute Gasteiger partial charge is 0.333 e. The second-order valence-electron chi connectivity index (χ2n) is 9.29. The number of nitrogens with one attached hydrogen (secondary N) is 1. The van der Waals surface area contributed by atoms with Gasteiger partial charge in [-0.05, 0) is 79.9 Å². The molecule has 0 radical (unpaired) electrons. The molecule has 0 heterocycles. The summed E-state index contributed by atoms with van der Waals surface area (Å²) in [6.45, 7) is 3.63. The molecule has 3 aromatic carbocycles.